The molecule has 30 heavy (non-hydrogen) atoms. The zero-order valence-electron chi connectivity index (χ0n) is 15.4. The van der Waals surface area contributed by atoms with Crippen LogP contribution in [0.15, 0.2) is 77.7 Å². The second kappa shape index (κ2) is 9.30. The highest BCUT2D eigenvalue weighted by Gasteiger charge is 2.19. The zero-order chi connectivity index (χ0) is 21.7. The van der Waals surface area contributed by atoms with E-state index in [2.05, 4.69) is 5.32 Å². The van der Waals surface area contributed by atoms with Gasteiger partial charge in [-0.2, -0.15) is 0 Å². The first kappa shape index (κ1) is 21.8. The highest BCUT2D eigenvalue weighted by molar-refractivity contribution is 7.90. The van der Waals surface area contributed by atoms with Crippen LogP contribution in [0.4, 0.5) is 5.69 Å². The lowest BCUT2D eigenvalue weighted by molar-refractivity contribution is -0.118. The highest BCUT2D eigenvalue weighted by atomic mass is 35.5. The Bertz CT molecular complexity index is 1180. The molecule has 0 saturated carbocycles. The minimum atomic E-state index is -4.11. The van der Waals surface area contributed by atoms with Crippen LogP contribution >= 0.6 is 23.2 Å². The Morgan fingerprint density at radius 2 is 1.43 bits per heavy atom. The third-order valence-electron chi connectivity index (χ3n) is 4.03. The smallest absolute Gasteiger partial charge is 0.264 e. The van der Waals surface area contributed by atoms with E-state index in [1.165, 1.54) is 18.2 Å². The summed E-state index contributed by atoms with van der Waals surface area (Å²) in [7, 11) is -4.11. The second-order valence-corrected chi connectivity index (χ2v) is 8.88. The Kier molecular flexibility index (Phi) is 6.77. The lowest BCUT2D eigenvalue weighted by Gasteiger charge is -2.10. The normalized spacial score (nSPS) is 11.0. The standard InChI is InChI=1S/C21H16Cl2N2O4S/c22-16-8-4-14(5-9-16)12-20(26)25-30(28,29)19-3-1-2-18(13-19)24-21(27)15-6-10-17(23)11-7-15/h1-11,13H,12H2,(H,24,27)(H,25,26). The number of hydrogen-bond donors (Lipinski definition) is 2. The topological polar surface area (TPSA) is 92.3 Å². The van der Waals surface area contributed by atoms with Crippen molar-refractivity contribution in [1.29, 1.82) is 0 Å². The minimum Gasteiger partial charge on any atom is -0.322 e. The highest BCUT2D eigenvalue weighted by Crippen LogP contribution is 2.18. The summed E-state index contributed by atoms with van der Waals surface area (Å²) < 4.78 is 27.1. The van der Waals surface area contributed by atoms with Crippen molar-refractivity contribution < 1.29 is 18.0 Å². The lowest BCUT2D eigenvalue weighted by atomic mass is 10.1. The summed E-state index contributed by atoms with van der Waals surface area (Å²) in [5.74, 6) is -1.11. The molecular formula is C21H16Cl2N2O4S. The number of nitrogens with one attached hydrogen (secondary N) is 2. The molecule has 0 fully saturated rings. The fraction of sp³-hybridized carbons (Fsp3) is 0.0476. The van der Waals surface area contributed by atoms with Crippen molar-refractivity contribution in [3.05, 3.63) is 94.0 Å². The van der Waals surface area contributed by atoms with Gasteiger partial charge in [-0.25, -0.2) is 13.1 Å². The second-order valence-electron chi connectivity index (χ2n) is 6.32. The van der Waals surface area contributed by atoms with Gasteiger partial charge in [0, 0.05) is 21.3 Å². The molecule has 0 unspecified atom stereocenters. The van der Waals surface area contributed by atoms with Crippen molar-refractivity contribution in [2.45, 2.75) is 11.3 Å². The van der Waals surface area contributed by atoms with Gasteiger partial charge >= 0.3 is 0 Å². The molecule has 2 amide bonds. The average Bonchev–Trinajstić information content (AvgIpc) is 2.70. The van der Waals surface area contributed by atoms with Crippen LogP contribution in [0.5, 0.6) is 0 Å². The summed E-state index contributed by atoms with van der Waals surface area (Å²) in [6.07, 6.45) is -0.122. The Morgan fingerprint density at radius 1 is 0.833 bits per heavy atom. The van der Waals surface area contributed by atoms with Crippen molar-refractivity contribution in [1.82, 2.24) is 4.72 Å². The SMILES string of the molecule is O=C(Cc1ccc(Cl)cc1)NS(=O)(=O)c1cccc(NC(=O)c2ccc(Cl)cc2)c1. The van der Waals surface area contributed by atoms with E-state index in [1.54, 1.807) is 54.6 Å². The molecule has 9 heteroatoms. The summed E-state index contributed by atoms with van der Waals surface area (Å²) in [6, 6.07) is 18.4. The first-order valence-electron chi connectivity index (χ1n) is 8.70. The molecular weight excluding hydrogens is 447 g/mol. The molecule has 0 aliphatic carbocycles. The van der Waals surface area contributed by atoms with Gasteiger partial charge in [-0.3, -0.25) is 9.59 Å². The van der Waals surface area contributed by atoms with Crippen molar-refractivity contribution in [2.24, 2.45) is 0 Å². The first-order valence-corrected chi connectivity index (χ1v) is 10.9. The number of anilines is 1. The molecule has 3 rings (SSSR count). The Balaban J connectivity index is 1.70. The van der Waals surface area contributed by atoms with E-state index in [0.717, 1.165) is 0 Å². The van der Waals surface area contributed by atoms with Gasteiger partial charge in [0.25, 0.3) is 15.9 Å². The number of sulfonamides is 1. The van der Waals surface area contributed by atoms with Crippen molar-refractivity contribution in [2.75, 3.05) is 5.32 Å². The van der Waals surface area contributed by atoms with E-state index in [4.69, 9.17) is 23.2 Å². The zero-order valence-corrected chi connectivity index (χ0v) is 17.8. The van der Waals surface area contributed by atoms with E-state index in [-0.39, 0.29) is 17.0 Å². The van der Waals surface area contributed by atoms with Crippen LogP contribution in [-0.4, -0.2) is 20.2 Å². The summed E-state index contributed by atoms with van der Waals surface area (Å²) >= 11 is 11.6. The average molecular weight is 463 g/mol. The molecule has 0 radical (unpaired) electrons. The fourth-order valence-electron chi connectivity index (χ4n) is 2.58. The van der Waals surface area contributed by atoms with Crippen LogP contribution in [0.3, 0.4) is 0 Å². The molecule has 6 nitrogen and oxygen atoms in total. The predicted octanol–water partition coefficient (Wildman–Crippen LogP) is 4.29. The number of amides is 2. The van der Waals surface area contributed by atoms with Gasteiger partial charge in [0.1, 0.15) is 0 Å². The molecule has 0 bridgehead atoms. The van der Waals surface area contributed by atoms with Crippen molar-refractivity contribution >= 4 is 50.7 Å². The Morgan fingerprint density at radius 3 is 2.07 bits per heavy atom. The Hall–Kier alpha value is -2.87. The van der Waals surface area contributed by atoms with Crippen LogP contribution in [0.1, 0.15) is 15.9 Å². The van der Waals surface area contributed by atoms with E-state index >= 15 is 0 Å². The number of benzene rings is 3. The van der Waals surface area contributed by atoms with Gasteiger partial charge in [0.15, 0.2) is 0 Å². The van der Waals surface area contributed by atoms with Crippen molar-refractivity contribution in [3.63, 3.8) is 0 Å². The van der Waals surface area contributed by atoms with Crippen LogP contribution in [0.2, 0.25) is 10.0 Å². The molecule has 0 aromatic heterocycles. The number of carbonyl (C=O) groups excluding carboxylic acids is 2. The maximum absolute atomic E-state index is 12.6. The number of carbonyl (C=O) groups is 2. The molecule has 0 heterocycles. The van der Waals surface area contributed by atoms with Gasteiger partial charge in [0.05, 0.1) is 11.3 Å². The monoisotopic (exact) mass is 462 g/mol. The number of rotatable bonds is 6. The minimum absolute atomic E-state index is 0.122. The molecule has 0 atom stereocenters. The van der Waals surface area contributed by atoms with Crippen LogP contribution in [0, 0.1) is 0 Å². The van der Waals surface area contributed by atoms with Crippen LogP contribution in [-0.2, 0) is 21.2 Å². The predicted molar refractivity (Wildman–Crippen MR) is 116 cm³/mol. The maximum atomic E-state index is 12.6. The fourth-order valence-corrected chi connectivity index (χ4v) is 3.86. The van der Waals surface area contributed by atoms with E-state index < -0.39 is 21.8 Å². The molecule has 0 aliphatic rings. The molecule has 0 aliphatic heterocycles. The van der Waals surface area contributed by atoms with Gasteiger partial charge < -0.3 is 5.32 Å². The number of hydrogen-bond acceptors (Lipinski definition) is 4. The molecule has 3 aromatic rings. The first-order chi connectivity index (χ1) is 14.2. The van der Waals surface area contributed by atoms with Gasteiger partial charge in [-0.05, 0) is 60.2 Å². The van der Waals surface area contributed by atoms with E-state index in [1.807, 2.05) is 4.72 Å². The lowest BCUT2D eigenvalue weighted by Crippen LogP contribution is -2.31. The third kappa shape index (κ3) is 5.82. The van der Waals surface area contributed by atoms with Crippen molar-refractivity contribution in [3.8, 4) is 0 Å². The molecule has 3 aromatic carbocycles. The summed E-state index contributed by atoms with van der Waals surface area (Å²) in [6.45, 7) is 0. The van der Waals surface area contributed by atoms with E-state index in [9.17, 15) is 18.0 Å². The van der Waals surface area contributed by atoms with Gasteiger partial charge in [-0.1, -0.05) is 41.4 Å². The van der Waals surface area contributed by atoms with E-state index in [0.29, 0.717) is 21.2 Å². The summed E-state index contributed by atoms with van der Waals surface area (Å²) in [5, 5.41) is 3.63. The summed E-state index contributed by atoms with van der Waals surface area (Å²) in [4.78, 5) is 24.3. The Labute approximate surface area is 183 Å². The molecule has 0 saturated heterocycles. The van der Waals surface area contributed by atoms with Gasteiger partial charge in [-0.15, -0.1) is 0 Å². The van der Waals surface area contributed by atoms with Crippen LogP contribution in [0.25, 0.3) is 0 Å². The van der Waals surface area contributed by atoms with Gasteiger partial charge in [0.2, 0.25) is 5.91 Å². The molecule has 0 spiro atoms. The quantitative estimate of drug-likeness (QED) is 0.571. The number of halogens is 2. The van der Waals surface area contributed by atoms with Crippen LogP contribution < -0.4 is 10.0 Å². The molecule has 154 valence electrons. The third-order valence-corrected chi connectivity index (χ3v) is 5.91. The summed E-state index contributed by atoms with van der Waals surface area (Å²) in [5.41, 5.74) is 1.25. The largest absolute Gasteiger partial charge is 0.322 e. The molecule has 2 N–H and O–H groups in total. The maximum Gasteiger partial charge on any atom is 0.264 e.